The molecule has 1 aromatic rings. The highest BCUT2D eigenvalue weighted by Crippen LogP contribution is 2.29. The fourth-order valence-electron chi connectivity index (χ4n) is 1.55. The summed E-state index contributed by atoms with van der Waals surface area (Å²) in [7, 11) is 0. The van der Waals surface area contributed by atoms with Crippen LogP contribution >= 0.6 is 15.9 Å². The first kappa shape index (κ1) is 11.1. The summed E-state index contributed by atoms with van der Waals surface area (Å²) in [6, 6.07) is 7.62. The highest BCUT2D eigenvalue weighted by Gasteiger charge is 2.23. The number of aliphatic imine (C=N–C) groups is 1. The molecule has 1 aliphatic heterocycles. The number of benzene rings is 1. The van der Waals surface area contributed by atoms with E-state index in [4.69, 9.17) is 9.84 Å². The second-order valence-corrected chi connectivity index (χ2v) is 4.30. The molecule has 0 fully saturated rings. The van der Waals surface area contributed by atoms with Crippen molar-refractivity contribution >= 4 is 27.8 Å². The summed E-state index contributed by atoms with van der Waals surface area (Å²) in [6.07, 6.45) is -0.152. The summed E-state index contributed by atoms with van der Waals surface area (Å²) in [6.45, 7) is 0.408. The van der Waals surface area contributed by atoms with E-state index in [-0.39, 0.29) is 12.5 Å². The van der Waals surface area contributed by atoms with Crippen molar-refractivity contribution in [2.75, 3.05) is 6.61 Å². The van der Waals surface area contributed by atoms with Gasteiger partial charge in [-0.05, 0) is 11.6 Å². The van der Waals surface area contributed by atoms with Crippen molar-refractivity contribution in [1.29, 1.82) is 0 Å². The molecule has 0 aromatic heterocycles. The molecule has 84 valence electrons. The smallest absolute Gasteiger partial charge is 0.312 e. The van der Waals surface area contributed by atoms with Gasteiger partial charge in [-0.25, -0.2) is 4.99 Å². The highest BCUT2D eigenvalue weighted by molar-refractivity contribution is 9.10. The van der Waals surface area contributed by atoms with Gasteiger partial charge in [0.2, 0.25) is 0 Å². The summed E-state index contributed by atoms with van der Waals surface area (Å²) >= 11 is 3.44. The van der Waals surface area contributed by atoms with Gasteiger partial charge in [-0.15, -0.1) is 0 Å². The Balaban J connectivity index is 2.16. The van der Waals surface area contributed by atoms with Gasteiger partial charge >= 0.3 is 5.97 Å². The van der Waals surface area contributed by atoms with Crippen LogP contribution in [0.5, 0.6) is 0 Å². The highest BCUT2D eigenvalue weighted by atomic mass is 79.9. The Hall–Kier alpha value is -1.36. The quantitative estimate of drug-likeness (QED) is 0.927. The summed E-state index contributed by atoms with van der Waals surface area (Å²) in [5, 5.41) is 8.62. The molecule has 1 unspecified atom stereocenters. The molecule has 4 nitrogen and oxygen atoms in total. The molecule has 16 heavy (non-hydrogen) atoms. The van der Waals surface area contributed by atoms with Gasteiger partial charge in [0, 0.05) is 4.47 Å². The summed E-state index contributed by atoms with van der Waals surface area (Å²) in [5.41, 5.74) is 1.02. The van der Waals surface area contributed by atoms with Gasteiger partial charge in [-0.1, -0.05) is 34.1 Å². The van der Waals surface area contributed by atoms with Gasteiger partial charge in [-0.3, -0.25) is 4.79 Å². The molecule has 0 amide bonds. The van der Waals surface area contributed by atoms with E-state index in [1.54, 1.807) is 0 Å². The predicted octanol–water partition coefficient (Wildman–Crippen LogP) is 2.39. The third-order valence-electron chi connectivity index (χ3n) is 2.27. The van der Waals surface area contributed by atoms with Gasteiger partial charge in [0.15, 0.2) is 5.90 Å². The number of carbonyl (C=O) groups is 1. The number of carboxylic acids is 1. The van der Waals surface area contributed by atoms with Crippen LogP contribution in [-0.2, 0) is 9.53 Å². The maximum atomic E-state index is 10.5. The van der Waals surface area contributed by atoms with Crippen molar-refractivity contribution in [3.8, 4) is 0 Å². The predicted molar refractivity (Wildman–Crippen MR) is 62.5 cm³/mol. The Labute approximate surface area is 101 Å². The largest absolute Gasteiger partial charge is 0.481 e. The first-order valence-electron chi connectivity index (χ1n) is 4.82. The third kappa shape index (κ3) is 2.41. The van der Waals surface area contributed by atoms with E-state index >= 15 is 0 Å². The maximum absolute atomic E-state index is 10.5. The van der Waals surface area contributed by atoms with Gasteiger partial charge in [0.1, 0.15) is 19.1 Å². The molecule has 0 spiro atoms. The Morgan fingerprint density at radius 2 is 2.31 bits per heavy atom. The van der Waals surface area contributed by atoms with Crippen molar-refractivity contribution in [3.63, 3.8) is 0 Å². The van der Waals surface area contributed by atoms with Crippen molar-refractivity contribution in [2.45, 2.75) is 12.5 Å². The number of rotatable bonds is 3. The molecule has 5 heteroatoms. The topological polar surface area (TPSA) is 58.9 Å². The Morgan fingerprint density at radius 3 is 3.00 bits per heavy atom. The molecular formula is C11H10BrNO3. The number of hydrogen-bond acceptors (Lipinski definition) is 3. The Kier molecular flexibility index (Phi) is 3.24. The zero-order chi connectivity index (χ0) is 11.5. The van der Waals surface area contributed by atoms with Gasteiger partial charge < -0.3 is 9.84 Å². The van der Waals surface area contributed by atoms with E-state index in [1.165, 1.54) is 0 Å². The number of hydrogen-bond donors (Lipinski definition) is 1. The van der Waals surface area contributed by atoms with Crippen LogP contribution in [-0.4, -0.2) is 23.6 Å². The molecule has 1 aromatic carbocycles. The molecule has 0 saturated carbocycles. The van der Waals surface area contributed by atoms with Gasteiger partial charge in [0.05, 0.1) is 0 Å². The number of ether oxygens (including phenoxy) is 1. The third-order valence-corrected chi connectivity index (χ3v) is 3.00. The molecular weight excluding hydrogens is 274 g/mol. The summed E-state index contributed by atoms with van der Waals surface area (Å²) < 4.78 is 6.20. The van der Waals surface area contributed by atoms with Gasteiger partial charge in [0.25, 0.3) is 0 Å². The molecule has 0 aliphatic carbocycles. The molecule has 0 radical (unpaired) electrons. The fraction of sp³-hybridized carbons (Fsp3) is 0.273. The monoisotopic (exact) mass is 283 g/mol. The lowest BCUT2D eigenvalue weighted by Crippen LogP contribution is -2.06. The molecule has 0 saturated heterocycles. The number of carboxylic acid groups (broad SMARTS) is 1. The summed E-state index contributed by atoms with van der Waals surface area (Å²) in [4.78, 5) is 14.7. The normalized spacial score (nSPS) is 19.1. The van der Waals surface area contributed by atoms with Crippen LogP contribution in [0.4, 0.5) is 0 Å². The number of aliphatic carboxylic acids is 1. The van der Waals surface area contributed by atoms with Crippen LogP contribution < -0.4 is 0 Å². The van der Waals surface area contributed by atoms with Crippen molar-refractivity contribution in [2.24, 2.45) is 4.99 Å². The molecule has 0 bridgehead atoms. The average Bonchev–Trinajstić information content (AvgIpc) is 2.66. The minimum absolute atomic E-state index is 0.107. The van der Waals surface area contributed by atoms with Crippen LogP contribution in [0.25, 0.3) is 0 Å². The van der Waals surface area contributed by atoms with Crippen LogP contribution in [0.3, 0.4) is 0 Å². The van der Waals surface area contributed by atoms with Crippen molar-refractivity contribution < 1.29 is 14.6 Å². The molecule has 2 rings (SSSR count). The summed E-state index contributed by atoms with van der Waals surface area (Å²) in [5.74, 6) is -0.625. The van der Waals surface area contributed by atoms with E-state index in [9.17, 15) is 4.79 Å². The molecule has 1 atom stereocenters. The molecule has 1 heterocycles. The van der Waals surface area contributed by atoms with Crippen LogP contribution in [0.2, 0.25) is 0 Å². The molecule has 1 N–H and O–H groups in total. The van der Waals surface area contributed by atoms with Crippen LogP contribution in [0.1, 0.15) is 18.0 Å². The first-order valence-corrected chi connectivity index (χ1v) is 5.62. The fourth-order valence-corrected chi connectivity index (χ4v) is 2.10. The Bertz CT molecular complexity index is 445. The Morgan fingerprint density at radius 1 is 1.56 bits per heavy atom. The zero-order valence-corrected chi connectivity index (χ0v) is 9.98. The standard InChI is InChI=1S/C11H10BrNO3/c12-8-4-2-1-3-7(8)9-6-16-10(13-9)5-11(14)15/h1-4,9H,5-6H2,(H,14,15). The van der Waals surface area contributed by atoms with Crippen LogP contribution in [0.15, 0.2) is 33.7 Å². The van der Waals surface area contributed by atoms with E-state index in [2.05, 4.69) is 20.9 Å². The molecule has 1 aliphatic rings. The number of nitrogens with zero attached hydrogens (tertiary/aromatic N) is 1. The lowest BCUT2D eigenvalue weighted by molar-refractivity contribution is -0.135. The lowest BCUT2D eigenvalue weighted by Gasteiger charge is -2.06. The lowest BCUT2D eigenvalue weighted by atomic mass is 10.1. The minimum atomic E-state index is -0.925. The van der Waals surface area contributed by atoms with Crippen molar-refractivity contribution in [3.05, 3.63) is 34.3 Å². The van der Waals surface area contributed by atoms with Crippen LogP contribution in [0, 0.1) is 0 Å². The minimum Gasteiger partial charge on any atom is -0.481 e. The second-order valence-electron chi connectivity index (χ2n) is 3.44. The van der Waals surface area contributed by atoms with Gasteiger partial charge in [-0.2, -0.15) is 0 Å². The zero-order valence-electron chi connectivity index (χ0n) is 8.39. The second kappa shape index (κ2) is 4.65. The maximum Gasteiger partial charge on any atom is 0.312 e. The van der Waals surface area contributed by atoms with E-state index in [0.29, 0.717) is 12.5 Å². The number of halogens is 1. The van der Waals surface area contributed by atoms with E-state index < -0.39 is 5.97 Å². The van der Waals surface area contributed by atoms with E-state index in [0.717, 1.165) is 10.0 Å². The SMILES string of the molecule is O=C(O)CC1=NC(c2ccccc2Br)CO1. The average molecular weight is 284 g/mol. The van der Waals surface area contributed by atoms with Crippen molar-refractivity contribution in [1.82, 2.24) is 0 Å². The van der Waals surface area contributed by atoms with E-state index in [1.807, 2.05) is 24.3 Å². The first-order chi connectivity index (χ1) is 7.66.